The molecule has 1 aliphatic carbocycles. The van der Waals surface area contributed by atoms with Gasteiger partial charge in [-0.05, 0) is 74.4 Å². The highest BCUT2D eigenvalue weighted by Gasteiger charge is 2.21. The SMILES string of the molecule is CC(=O)Nc1cccc(-n2cnnc2SC(C)C(=O)NC(C)c2ccc3c(c2)CCCC3)c1. The van der Waals surface area contributed by atoms with E-state index in [4.69, 9.17) is 0 Å². The molecule has 2 unspecified atom stereocenters. The second-order valence-electron chi connectivity index (χ2n) is 8.44. The average molecular weight is 464 g/mol. The standard InChI is InChI=1S/C25H29N5O2S/c1-16(20-12-11-19-7-4-5-8-21(19)13-20)27-24(32)17(2)33-25-29-26-15-30(25)23-10-6-9-22(14-23)28-18(3)31/h6,9-17H,4-5,7-8H2,1-3H3,(H,27,32)(H,28,31). The molecule has 0 saturated heterocycles. The number of thioether (sulfide) groups is 1. The number of aromatic nitrogens is 3. The van der Waals surface area contributed by atoms with Crippen molar-refractivity contribution in [2.45, 2.75) is 62.9 Å². The maximum Gasteiger partial charge on any atom is 0.233 e. The summed E-state index contributed by atoms with van der Waals surface area (Å²) in [6.45, 7) is 5.36. The minimum atomic E-state index is -0.355. The number of carbonyl (C=O) groups excluding carboxylic acids is 2. The fraction of sp³-hybridized carbons (Fsp3) is 0.360. The Labute approximate surface area is 198 Å². The molecule has 0 saturated carbocycles. The number of anilines is 1. The number of fused-ring (bicyclic) bond motifs is 1. The number of aryl methyl sites for hydroxylation is 2. The van der Waals surface area contributed by atoms with Crippen LogP contribution in [0.5, 0.6) is 0 Å². The Bertz CT molecular complexity index is 1160. The third kappa shape index (κ3) is 5.63. The summed E-state index contributed by atoms with van der Waals surface area (Å²) < 4.78 is 1.81. The first-order chi connectivity index (χ1) is 15.9. The number of hydrogen-bond acceptors (Lipinski definition) is 5. The number of hydrogen-bond donors (Lipinski definition) is 2. The molecule has 0 fully saturated rings. The van der Waals surface area contributed by atoms with Crippen LogP contribution in [0.2, 0.25) is 0 Å². The molecule has 1 aromatic heterocycles. The molecule has 2 amide bonds. The van der Waals surface area contributed by atoms with E-state index in [0.29, 0.717) is 10.8 Å². The van der Waals surface area contributed by atoms with Crippen molar-refractivity contribution in [3.63, 3.8) is 0 Å². The van der Waals surface area contributed by atoms with Gasteiger partial charge in [0.2, 0.25) is 11.8 Å². The van der Waals surface area contributed by atoms with E-state index in [2.05, 4.69) is 39.0 Å². The number of nitrogens with zero attached hydrogens (tertiary/aromatic N) is 3. The first-order valence-electron chi connectivity index (χ1n) is 11.3. The normalized spacial score (nSPS) is 14.8. The van der Waals surface area contributed by atoms with Crippen LogP contribution in [0.25, 0.3) is 5.69 Å². The summed E-state index contributed by atoms with van der Waals surface area (Å²) in [5, 5.41) is 14.4. The van der Waals surface area contributed by atoms with Crippen molar-refractivity contribution in [1.29, 1.82) is 0 Å². The van der Waals surface area contributed by atoms with Crippen LogP contribution in [0.4, 0.5) is 5.69 Å². The second kappa shape index (κ2) is 10.2. The minimum absolute atomic E-state index is 0.0493. The van der Waals surface area contributed by atoms with Gasteiger partial charge in [0.05, 0.1) is 17.0 Å². The van der Waals surface area contributed by atoms with Gasteiger partial charge >= 0.3 is 0 Å². The van der Waals surface area contributed by atoms with Gasteiger partial charge in [-0.25, -0.2) is 0 Å². The second-order valence-corrected chi connectivity index (χ2v) is 9.75. The van der Waals surface area contributed by atoms with Crippen LogP contribution in [-0.4, -0.2) is 31.8 Å². The first kappa shape index (κ1) is 23.0. The van der Waals surface area contributed by atoms with Gasteiger partial charge in [0, 0.05) is 12.6 Å². The van der Waals surface area contributed by atoms with Gasteiger partial charge in [0.25, 0.3) is 0 Å². The van der Waals surface area contributed by atoms with E-state index in [1.165, 1.54) is 42.7 Å². The van der Waals surface area contributed by atoms with E-state index >= 15 is 0 Å². The molecule has 2 N–H and O–H groups in total. The maximum absolute atomic E-state index is 12.9. The monoisotopic (exact) mass is 463 g/mol. The van der Waals surface area contributed by atoms with Crippen LogP contribution in [0.15, 0.2) is 53.9 Å². The van der Waals surface area contributed by atoms with Crippen LogP contribution in [-0.2, 0) is 22.4 Å². The van der Waals surface area contributed by atoms with Crippen molar-refractivity contribution in [3.05, 3.63) is 65.5 Å². The number of benzene rings is 2. The smallest absolute Gasteiger partial charge is 0.233 e. The van der Waals surface area contributed by atoms with Gasteiger partial charge in [-0.1, -0.05) is 36.0 Å². The Morgan fingerprint density at radius 2 is 1.85 bits per heavy atom. The number of amides is 2. The molecular weight excluding hydrogens is 434 g/mol. The van der Waals surface area contributed by atoms with Crippen molar-refractivity contribution in [2.75, 3.05) is 5.32 Å². The molecular formula is C25H29N5O2S. The van der Waals surface area contributed by atoms with Gasteiger partial charge in [0.1, 0.15) is 6.33 Å². The Balaban J connectivity index is 1.42. The summed E-state index contributed by atoms with van der Waals surface area (Å²) in [6.07, 6.45) is 6.37. The van der Waals surface area contributed by atoms with Crippen LogP contribution < -0.4 is 10.6 Å². The zero-order chi connectivity index (χ0) is 23.4. The summed E-state index contributed by atoms with van der Waals surface area (Å²) in [5.41, 5.74) is 5.49. The zero-order valence-corrected chi connectivity index (χ0v) is 20.0. The number of nitrogens with one attached hydrogen (secondary N) is 2. The van der Waals surface area contributed by atoms with Crippen LogP contribution >= 0.6 is 11.8 Å². The van der Waals surface area contributed by atoms with E-state index < -0.39 is 0 Å². The highest BCUT2D eigenvalue weighted by molar-refractivity contribution is 8.00. The molecule has 1 heterocycles. The predicted molar refractivity (Wildman–Crippen MR) is 131 cm³/mol. The highest BCUT2D eigenvalue weighted by atomic mass is 32.2. The molecule has 1 aliphatic rings. The summed E-state index contributed by atoms with van der Waals surface area (Å²) in [7, 11) is 0. The third-order valence-electron chi connectivity index (χ3n) is 5.84. The quantitative estimate of drug-likeness (QED) is 0.505. The van der Waals surface area contributed by atoms with Crippen molar-refractivity contribution in [1.82, 2.24) is 20.1 Å². The Kier molecular flexibility index (Phi) is 7.13. The lowest BCUT2D eigenvalue weighted by Crippen LogP contribution is -2.33. The average Bonchev–Trinajstić information content (AvgIpc) is 3.26. The summed E-state index contributed by atoms with van der Waals surface area (Å²) in [6, 6.07) is 13.9. The molecule has 3 aromatic rings. The Hall–Kier alpha value is -3.13. The van der Waals surface area contributed by atoms with Gasteiger partial charge in [0.15, 0.2) is 5.16 Å². The lowest BCUT2D eigenvalue weighted by molar-refractivity contribution is -0.121. The third-order valence-corrected chi connectivity index (χ3v) is 6.90. The van der Waals surface area contributed by atoms with Gasteiger partial charge in [-0.15, -0.1) is 10.2 Å². The molecule has 0 spiro atoms. The van der Waals surface area contributed by atoms with Gasteiger partial charge < -0.3 is 10.6 Å². The van der Waals surface area contributed by atoms with E-state index in [1.54, 1.807) is 6.33 Å². The Morgan fingerprint density at radius 1 is 1.06 bits per heavy atom. The summed E-state index contributed by atoms with van der Waals surface area (Å²) in [5.74, 6) is -0.185. The molecule has 2 atom stereocenters. The fourth-order valence-corrected chi connectivity index (χ4v) is 4.92. The first-order valence-corrected chi connectivity index (χ1v) is 12.2. The topological polar surface area (TPSA) is 88.9 Å². The van der Waals surface area contributed by atoms with Crippen molar-refractivity contribution >= 4 is 29.3 Å². The van der Waals surface area contributed by atoms with E-state index in [0.717, 1.165) is 24.1 Å². The van der Waals surface area contributed by atoms with Crippen LogP contribution in [0.3, 0.4) is 0 Å². The summed E-state index contributed by atoms with van der Waals surface area (Å²) in [4.78, 5) is 24.3. The molecule has 33 heavy (non-hydrogen) atoms. The molecule has 172 valence electrons. The van der Waals surface area contributed by atoms with Crippen LogP contribution in [0.1, 0.15) is 56.3 Å². The van der Waals surface area contributed by atoms with Crippen molar-refractivity contribution in [3.8, 4) is 5.69 Å². The van der Waals surface area contributed by atoms with Gasteiger partial charge in [-0.2, -0.15) is 0 Å². The van der Waals surface area contributed by atoms with E-state index in [-0.39, 0.29) is 23.1 Å². The zero-order valence-electron chi connectivity index (χ0n) is 19.2. The van der Waals surface area contributed by atoms with Crippen molar-refractivity contribution in [2.24, 2.45) is 0 Å². The molecule has 8 heteroatoms. The minimum Gasteiger partial charge on any atom is -0.349 e. The largest absolute Gasteiger partial charge is 0.349 e. The molecule has 0 aliphatic heterocycles. The lowest BCUT2D eigenvalue weighted by Gasteiger charge is -2.21. The molecule has 2 aromatic carbocycles. The van der Waals surface area contributed by atoms with E-state index in [1.807, 2.05) is 42.7 Å². The van der Waals surface area contributed by atoms with Crippen molar-refractivity contribution < 1.29 is 9.59 Å². The Morgan fingerprint density at radius 3 is 2.64 bits per heavy atom. The molecule has 0 bridgehead atoms. The lowest BCUT2D eigenvalue weighted by atomic mass is 9.89. The van der Waals surface area contributed by atoms with Crippen LogP contribution in [0, 0.1) is 0 Å². The number of rotatable bonds is 7. The van der Waals surface area contributed by atoms with E-state index in [9.17, 15) is 9.59 Å². The number of carbonyl (C=O) groups is 2. The van der Waals surface area contributed by atoms with Gasteiger partial charge in [-0.3, -0.25) is 14.2 Å². The fourth-order valence-electron chi connectivity index (χ4n) is 4.07. The summed E-state index contributed by atoms with van der Waals surface area (Å²) >= 11 is 1.35. The molecule has 7 nitrogen and oxygen atoms in total. The predicted octanol–water partition coefficient (Wildman–Crippen LogP) is 4.46. The molecule has 4 rings (SSSR count). The highest BCUT2D eigenvalue weighted by Crippen LogP contribution is 2.27. The molecule has 0 radical (unpaired) electrons. The maximum atomic E-state index is 12.9.